The molecule has 1 atom stereocenters. The van der Waals surface area contributed by atoms with Crippen molar-refractivity contribution in [3.8, 4) is 6.07 Å². The minimum atomic E-state index is -0.763. The molecule has 0 spiro atoms. The first-order chi connectivity index (χ1) is 8.07. The molecule has 1 N–H and O–H groups in total. The first-order valence-corrected chi connectivity index (χ1v) is 5.93. The van der Waals surface area contributed by atoms with Crippen LogP contribution in [0.1, 0.15) is 31.4 Å². The molecule has 0 radical (unpaired) electrons. The maximum absolute atomic E-state index is 11.8. The molecule has 1 saturated carbocycles. The molecule has 17 heavy (non-hydrogen) atoms. The van der Waals surface area contributed by atoms with E-state index in [9.17, 15) is 4.79 Å². The standard InChI is InChI=1S/C13H13ClN2O/c1-9(10-2-4-11(14)5-3-10)16-12(17)13(8-15)6-7-13/h2-5,9H,6-7H2,1H3,(H,16,17)/t9-/m0/s1. The molecule has 0 aliphatic heterocycles. The average molecular weight is 249 g/mol. The highest BCUT2D eigenvalue weighted by Crippen LogP contribution is 2.45. The van der Waals surface area contributed by atoms with Gasteiger partial charge in [0.05, 0.1) is 12.1 Å². The fraction of sp³-hybridized carbons (Fsp3) is 0.385. The van der Waals surface area contributed by atoms with Crippen molar-refractivity contribution in [2.24, 2.45) is 5.41 Å². The minimum absolute atomic E-state index is 0.106. The predicted octanol–water partition coefficient (Wildman–Crippen LogP) is 2.82. The summed E-state index contributed by atoms with van der Waals surface area (Å²) in [7, 11) is 0. The van der Waals surface area contributed by atoms with Gasteiger partial charge in [0.1, 0.15) is 5.41 Å². The topological polar surface area (TPSA) is 52.9 Å². The lowest BCUT2D eigenvalue weighted by atomic mass is 10.1. The normalized spacial score (nSPS) is 17.9. The van der Waals surface area contributed by atoms with Crippen molar-refractivity contribution >= 4 is 17.5 Å². The number of nitriles is 1. The van der Waals surface area contributed by atoms with Crippen LogP contribution < -0.4 is 5.32 Å². The summed E-state index contributed by atoms with van der Waals surface area (Å²) in [6, 6.07) is 9.30. The van der Waals surface area contributed by atoms with E-state index in [1.807, 2.05) is 19.1 Å². The third kappa shape index (κ3) is 2.42. The van der Waals surface area contributed by atoms with E-state index in [1.165, 1.54) is 0 Å². The van der Waals surface area contributed by atoms with E-state index in [-0.39, 0.29) is 11.9 Å². The SMILES string of the molecule is C[C@H](NC(=O)C1(C#N)CC1)c1ccc(Cl)cc1. The Kier molecular flexibility index (Phi) is 3.08. The zero-order valence-electron chi connectivity index (χ0n) is 9.53. The Balaban J connectivity index is 2.02. The Hall–Kier alpha value is -1.53. The molecule has 0 aromatic heterocycles. The number of nitrogens with one attached hydrogen (secondary N) is 1. The van der Waals surface area contributed by atoms with Crippen molar-refractivity contribution < 1.29 is 4.79 Å². The molecule has 0 heterocycles. The Morgan fingerprint density at radius 2 is 2.06 bits per heavy atom. The quantitative estimate of drug-likeness (QED) is 0.894. The summed E-state index contributed by atoms with van der Waals surface area (Å²) >= 11 is 5.80. The maximum Gasteiger partial charge on any atom is 0.240 e. The minimum Gasteiger partial charge on any atom is -0.348 e. The summed E-state index contributed by atoms with van der Waals surface area (Å²) in [6.45, 7) is 1.90. The summed E-state index contributed by atoms with van der Waals surface area (Å²) in [5.74, 6) is -0.164. The highest BCUT2D eigenvalue weighted by atomic mass is 35.5. The van der Waals surface area contributed by atoms with Crippen molar-refractivity contribution in [1.82, 2.24) is 5.32 Å². The molecule has 3 nitrogen and oxygen atoms in total. The molecular formula is C13H13ClN2O. The summed E-state index contributed by atoms with van der Waals surface area (Å²) in [4.78, 5) is 11.8. The van der Waals surface area contributed by atoms with Gasteiger partial charge in [0.25, 0.3) is 0 Å². The first-order valence-electron chi connectivity index (χ1n) is 5.55. The molecule has 1 aliphatic rings. The Morgan fingerprint density at radius 1 is 1.47 bits per heavy atom. The van der Waals surface area contributed by atoms with Crippen LogP contribution in [0.4, 0.5) is 0 Å². The molecule has 0 saturated heterocycles. The van der Waals surface area contributed by atoms with E-state index >= 15 is 0 Å². The van der Waals surface area contributed by atoms with E-state index in [2.05, 4.69) is 11.4 Å². The molecule has 1 fully saturated rings. The van der Waals surface area contributed by atoms with Gasteiger partial charge in [-0.3, -0.25) is 4.79 Å². The summed E-state index contributed by atoms with van der Waals surface area (Å²) in [5, 5.41) is 12.5. The predicted molar refractivity (Wildman–Crippen MR) is 65.3 cm³/mol. The molecule has 88 valence electrons. The Labute approximate surface area is 105 Å². The van der Waals surface area contributed by atoms with Crippen LogP contribution in [0.25, 0.3) is 0 Å². The molecule has 4 heteroatoms. The molecule has 1 amide bonds. The van der Waals surface area contributed by atoms with E-state index in [1.54, 1.807) is 12.1 Å². The third-order valence-corrected chi connectivity index (χ3v) is 3.37. The molecule has 1 aliphatic carbocycles. The fourth-order valence-electron chi connectivity index (χ4n) is 1.68. The highest BCUT2D eigenvalue weighted by Gasteiger charge is 2.50. The van der Waals surface area contributed by atoms with Gasteiger partial charge in [-0.05, 0) is 37.5 Å². The Bertz CT molecular complexity index is 471. The molecule has 1 aromatic carbocycles. The molecule has 1 aromatic rings. The molecule has 0 unspecified atom stereocenters. The van der Waals surface area contributed by atoms with Gasteiger partial charge in [-0.15, -0.1) is 0 Å². The Morgan fingerprint density at radius 3 is 2.53 bits per heavy atom. The molecule has 0 bridgehead atoms. The van der Waals surface area contributed by atoms with Crippen LogP contribution in [0.5, 0.6) is 0 Å². The monoisotopic (exact) mass is 248 g/mol. The second-order valence-corrected chi connectivity index (χ2v) is 4.88. The van der Waals surface area contributed by atoms with Crippen molar-refractivity contribution in [2.45, 2.75) is 25.8 Å². The number of halogens is 1. The summed E-state index contributed by atoms with van der Waals surface area (Å²) in [5.41, 5.74) is 0.220. The smallest absolute Gasteiger partial charge is 0.240 e. The third-order valence-electron chi connectivity index (χ3n) is 3.12. The number of nitrogens with zero attached hydrogens (tertiary/aromatic N) is 1. The van der Waals surface area contributed by atoms with Gasteiger partial charge in [-0.1, -0.05) is 23.7 Å². The van der Waals surface area contributed by atoms with Crippen molar-refractivity contribution in [3.63, 3.8) is 0 Å². The largest absolute Gasteiger partial charge is 0.348 e. The average Bonchev–Trinajstić information content (AvgIpc) is 3.10. The van der Waals surface area contributed by atoms with E-state index in [0.717, 1.165) is 5.56 Å². The highest BCUT2D eigenvalue weighted by molar-refractivity contribution is 6.30. The van der Waals surface area contributed by atoms with Gasteiger partial charge >= 0.3 is 0 Å². The number of rotatable bonds is 3. The number of carbonyl (C=O) groups is 1. The van der Waals surface area contributed by atoms with E-state index in [0.29, 0.717) is 17.9 Å². The van der Waals surface area contributed by atoms with Gasteiger partial charge < -0.3 is 5.32 Å². The number of hydrogen-bond donors (Lipinski definition) is 1. The van der Waals surface area contributed by atoms with E-state index in [4.69, 9.17) is 16.9 Å². The van der Waals surface area contributed by atoms with Crippen LogP contribution >= 0.6 is 11.6 Å². The van der Waals surface area contributed by atoms with Gasteiger partial charge in [0.15, 0.2) is 0 Å². The fourth-order valence-corrected chi connectivity index (χ4v) is 1.81. The van der Waals surface area contributed by atoms with Gasteiger partial charge in [0, 0.05) is 5.02 Å². The van der Waals surface area contributed by atoms with Crippen molar-refractivity contribution in [2.75, 3.05) is 0 Å². The van der Waals surface area contributed by atoms with Gasteiger partial charge in [-0.2, -0.15) is 5.26 Å². The second kappa shape index (κ2) is 4.38. The molecular weight excluding hydrogens is 236 g/mol. The number of benzene rings is 1. The molecule has 2 rings (SSSR count). The van der Waals surface area contributed by atoms with Crippen LogP contribution in [-0.2, 0) is 4.79 Å². The first kappa shape index (κ1) is 11.9. The van der Waals surface area contributed by atoms with Crippen LogP contribution in [0, 0.1) is 16.7 Å². The van der Waals surface area contributed by atoms with Crippen LogP contribution in [0.15, 0.2) is 24.3 Å². The number of amides is 1. The van der Waals surface area contributed by atoms with Gasteiger partial charge in [-0.25, -0.2) is 0 Å². The lowest BCUT2D eigenvalue weighted by molar-refractivity contribution is -0.125. The van der Waals surface area contributed by atoms with Crippen molar-refractivity contribution in [1.29, 1.82) is 5.26 Å². The van der Waals surface area contributed by atoms with Crippen LogP contribution in [0.2, 0.25) is 5.02 Å². The number of carbonyl (C=O) groups excluding carboxylic acids is 1. The van der Waals surface area contributed by atoms with E-state index < -0.39 is 5.41 Å². The lowest BCUT2D eigenvalue weighted by Gasteiger charge is -2.16. The zero-order chi connectivity index (χ0) is 12.5. The zero-order valence-corrected chi connectivity index (χ0v) is 10.3. The van der Waals surface area contributed by atoms with Crippen molar-refractivity contribution in [3.05, 3.63) is 34.9 Å². The van der Waals surface area contributed by atoms with Crippen LogP contribution in [-0.4, -0.2) is 5.91 Å². The van der Waals surface area contributed by atoms with Gasteiger partial charge in [0.2, 0.25) is 5.91 Å². The number of hydrogen-bond acceptors (Lipinski definition) is 2. The lowest BCUT2D eigenvalue weighted by Crippen LogP contribution is -2.33. The maximum atomic E-state index is 11.8. The van der Waals surface area contributed by atoms with Crippen LogP contribution in [0.3, 0.4) is 0 Å². The summed E-state index contributed by atoms with van der Waals surface area (Å²) < 4.78 is 0. The second-order valence-electron chi connectivity index (χ2n) is 4.44. The summed E-state index contributed by atoms with van der Waals surface area (Å²) in [6.07, 6.45) is 1.34.